The lowest BCUT2D eigenvalue weighted by atomic mass is 9.70. The Hall–Kier alpha value is -0.860. The van der Waals surface area contributed by atoms with Crippen molar-refractivity contribution in [2.75, 3.05) is 19.8 Å². The Labute approximate surface area is 115 Å². The van der Waals surface area contributed by atoms with Gasteiger partial charge >= 0.3 is 0 Å². The molecule has 0 aromatic heterocycles. The van der Waals surface area contributed by atoms with E-state index in [0.29, 0.717) is 6.04 Å². The van der Waals surface area contributed by atoms with Crippen LogP contribution in [0.3, 0.4) is 0 Å². The fraction of sp³-hybridized carbons (Fsp3) is 0.647. The Bertz CT molecular complexity index is 472. The summed E-state index contributed by atoms with van der Waals surface area (Å²) in [5, 5.41) is 3.70. The lowest BCUT2D eigenvalue weighted by Crippen LogP contribution is -2.58. The van der Waals surface area contributed by atoms with Crippen molar-refractivity contribution >= 4 is 0 Å². The van der Waals surface area contributed by atoms with Crippen molar-refractivity contribution in [3.63, 3.8) is 0 Å². The zero-order chi connectivity index (χ0) is 12.7. The van der Waals surface area contributed by atoms with Crippen molar-refractivity contribution in [3.05, 3.63) is 34.9 Å². The van der Waals surface area contributed by atoms with E-state index in [1.165, 1.54) is 50.6 Å². The Morgan fingerprint density at radius 1 is 1.05 bits per heavy atom. The highest BCUT2D eigenvalue weighted by atomic mass is 16.5. The van der Waals surface area contributed by atoms with Crippen LogP contribution in [0.1, 0.15) is 42.4 Å². The Morgan fingerprint density at radius 3 is 2.58 bits per heavy atom. The summed E-state index contributed by atoms with van der Waals surface area (Å²) in [4.78, 5) is 0. The van der Waals surface area contributed by atoms with Crippen molar-refractivity contribution in [2.24, 2.45) is 0 Å². The third-order valence-electron chi connectivity index (χ3n) is 5.37. The van der Waals surface area contributed by atoms with Crippen LogP contribution in [-0.2, 0) is 23.0 Å². The Kier molecular flexibility index (Phi) is 2.89. The van der Waals surface area contributed by atoms with Gasteiger partial charge in [-0.2, -0.15) is 0 Å². The minimum Gasteiger partial charge on any atom is -0.379 e. The number of nitrogens with one attached hydrogen (secondary N) is 1. The first-order valence-corrected chi connectivity index (χ1v) is 7.82. The lowest BCUT2D eigenvalue weighted by molar-refractivity contribution is -0.0761. The summed E-state index contributed by atoms with van der Waals surface area (Å²) >= 11 is 0. The fourth-order valence-electron chi connectivity index (χ4n) is 4.09. The van der Waals surface area contributed by atoms with E-state index < -0.39 is 0 Å². The van der Waals surface area contributed by atoms with E-state index in [2.05, 4.69) is 23.5 Å². The highest BCUT2D eigenvalue weighted by Gasteiger charge is 2.48. The maximum atomic E-state index is 5.61. The van der Waals surface area contributed by atoms with Gasteiger partial charge in [-0.15, -0.1) is 0 Å². The first-order valence-electron chi connectivity index (χ1n) is 7.82. The van der Waals surface area contributed by atoms with Crippen molar-refractivity contribution in [1.82, 2.24) is 5.32 Å². The van der Waals surface area contributed by atoms with Gasteiger partial charge in [-0.1, -0.05) is 18.2 Å². The van der Waals surface area contributed by atoms with Gasteiger partial charge in [0.1, 0.15) is 0 Å². The minimum absolute atomic E-state index is 0.267. The van der Waals surface area contributed by atoms with Crippen molar-refractivity contribution < 1.29 is 4.74 Å². The summed E-state index contributed by atoms with van der Waals surface area (Å²) in [7, 11) is 0. The highest BCUT2D eigenvalue weighted by Crippen LogP contribution is 2.40. The van der Waals surface area contributed by atoms with E-state index in [9.17, 15) is 0 Å². The normalized spacial score (nSPS) is 28.7. The van der Waals surface area contributed by atoms with Crippen LogP contribution in [0.5, 0.6) is 0 Å². The first kappa shape index (κ1) is 11.9. The number of hydrogen-bond donors (Lipinski definition) is 1. The van der Waals surface area contributed by atoms with E-state index in [1.807, 2.05) is 0 Å². The van der Waals surface area contributed by atoms with Gasteiger partial charge in [0.25, 0.3) is 0 Å². The third-order valence-corrected chi connectivity index (χ3v) is 5.37. The molecule has 2 heterocycles. The Balaban J connectivity index is 1.70. The van der Waals surface area contributed by atoms with Crippen LogP contribution in [0.25, 0.3) is 0 Å². The molecule has 2 heteroatoms. The van der Waals surface area contributed by atoms with Crippen molar-refractivity contribution in [3.8, 4) is 0 Å². The molecular weight excluding hydrogens is 234 g/mol. The molecule has 1 N–H and O–H groups in total. The van der Waals surface area contributed by atoms with Crippen LogP contribution in [0.4, 0.5) is 0 Å². The average Bonchev–Trinajstić information content (AvgIpc) is 2.92. The fourth-order valence-corrected chi connectivity index (χ4v) is 4.09. The summed E-state index contributed by atoms with van der Waals surface area (Å²) in [5.74, 6) is 0. The first-order chi connectivity index (χ1) is 9.38. The van der Waals surface area contributed by atoms with E-state index >= 15 is 0 Å². The van der Waals surface area contributed by atoms with Gasteiger partial charge in [0.15, 0.2) is 0 Å². The molecule has 2 saturated heterocycles. The van der Waals surface area contributed by atoms with Crippen molar-refractivity contribution in [2.45, 2.75) is 50.0 Å². The topological polar surface area (TPSA) is 21.3 Å². The smallest absolute Gasteiger partial charge is 0.0600 e. The van der Waals surface area contributed by atoms with Gasteiger partial charge in [-0.3, -0.25) is 0 Å². The third kappa shape index (κ3) is 1.85. The largest absolute Gasteiger partial charge is 0.379 e. The lowest BCUT2D eigenvalue weighted by Gasteiger charge is -2.47. The van der Waals surface area contributed by atoms with E-state index in [4.69, 9.17) is 4.74 Å². The van der Waals surface area contributed by atoms with Crippen LogP contribution in [0.15, 0.2) is 18.2 Å². The summed E-state index contributed by atoms with van der Waals surface area (Å²) in [6.07, 6.45) is 7.91. The molecule has 0 bridgehead atoms. The number of aryl methyl sites for hydroxylation is 2. The summed E-state index contributed by atoms with van der Waals surface area (Å²) in [5.41, 5.74) is 4.99. The second-order valence-corrected chi connectivity index (χ2v) is 6.49. The van der Waals surface area contributed by atoms with E-state index in [0.717, 1.165) is 13.2 Å². The molecule has 2 nitrogen and oxygen atoms in total. The molecule has 3 aliphatic rings. The van der Waals surface area contributed by atoms with Gasteiger partial charge in [0.05, 0.1) is 18.6 Å². The SMILES string of the molecule is c1cc2c(cc1C1(C3CCCN3)COC1)CCCC2. The number of fused-ring (bicyclic) bond motifs is 1. The molecule has 0 radical (unpaired) electrons. The Morgan fingerprint density at radius 2 is 1.89 bits per heavy atom. The molecule has 1 unspecified atom stereocenters. The van der Waals surface area contributed by atoms with Crippen LogP contribution < -0.4 is 5.32 Å². The summed E-state index contributed by atoms with van der Waals surface area (Å²) < 4.78 is 5.61. The van der Waals surface area contributed by atoms with E-state index in [1.54, 1.807) is 11.1 Å². The van der Waals surface area contributed by atoms with Gasteiger partial charge in [-0.25, -0.2) is 0 Å². The average molecular weight is 257 g/mol. The number of hydrogen-bond acceptors (Lipinski definition) is 2. The van der Waals surface area contributed by atoms with Crippen LogP contribution in [0.2, 0.25) is 0 Å². The van der Waals surface area contributed by atoms with Gasteiger partial charge < -0.3 is 10.1 Å². The molecule has 2 fully saturated rings. The van der Waals surface area contributed by atoms with Gasteiger partial charge in [0.2, 0.25) is 0 Å². The molecule has 102 valence electrons. The maximum Gasteiger partial charge on any atom is 0.0600 e. The van der Waals surface area contributed by atoms with E-state index in [-0.39, 0.29) is 5.41 Å². The zero-order valence-electron chi connectivity index (χ0n) is 11.6. The van der Waals surface area contributed by atoms with Gasteiger partial charge in [0, 0.05) is 6.04 Å². The maximum absolute atomic E-state index is 5.61. The zero-order valence-corrected chi connectivity index (χ0v) is 11.6. The summed E-state index contributed by atoms with van der Waals surface area (Å²) in [6.45, 7) is 2.99. The predicted molar refractivity (Wildman–Crippen MR) is 76.6 cm³/mol. The molecule has 0 saturated carbocycles. The molecular formula is C17H23NO. The monoisotopic (exact) mass is 257 g/mol. The summed E-state index contributed by atoms with van der Waals surface area (Å²) in [6, 6.07) is 7.89. The number of benzene rings is 1. The standard InChI is InChI=1S/C17H23NO/c1-2-5-14-10-15(8-7-13(14)4-1)17(11-19-12-17)16-6-3-9-18-16/h7-8,10,16,18H,1-6,9,11-12H2. The molecule has 19 heavy (non-hydrogen) atoms. The second kappa shape index (κ2) is 4.60. The second-order valence-electron chi connectivity index (χ2n) is 6.49. The van der Waals surface area contributed by atoms with Crippen LogP contribution in [-0.4, -0.2) is 25.8 Å². The molecule has 0 spiro atoms. The molecule has 1 atom stereocenters. The van der Waals surface area contributed by atoms with Crippen LogP contribution in [0, 0.1) is 0 Å². The molecule has 1 aromatic carbocycles. The van der Waals surface area contributed by atoms with Crippen LogP contribution >= 0.6 is 0 Å². The minimum atomic E-state index is 0.267. The number of rotatable bonds is 2. The highest BCUT2D eigenvalue weighted by molar-refractivity contribution is 5.40. The number of ether oxygens (including phenoxy) is 1. The molecule has 4 rings (SSSR count). The molecule has 1 aromatic rings. The predicted octanol–water partition coefficient (Wildman–Crippen LogP) is 2.59. The molecule has 2 aliphatic heterocycles. The molecule has 1 aliphatic carbocycles. The van der Waals surface area contributed by atoms with Crippen molar-refractivity contribution in [1.29, 1.82) is 0 Å². The van der Waals surface area contributed by atoms with Gasteiger partial charge in [-0.05, 0) is 61.8 Å². The quantitative estimate of drug-likeness (QED) is 0.879. The molecule has 0 amide bonds.